The van der Waals surface area contributed by atoms with E-state index in [0.29, 0.717) is 0 Å². The van der Waals surface area contributed by atoms with Gasteiger partial charge in [0, 0.05) is 11.8 Å². The summed E-state index contributed by atoms with van der Waals surface area (Å²) in [7, 11) is 0. The molecule has 2 rings (SSSR count). The van der Waals surface area contributed by atoms with Gasteiger partial charge in [-0.1, -0.05) is 27.3 Å². The van der Waals surface area contributed by atoms with E-state index in [1.807, 2.05) is 13.8 Å². The van der Waals surface area contributed by atoms with Crippen LogP contribution < -0.4 is 5.56 Å². The van der Waals surface area contributed by atoms with Crippen LogP contribution in [0, 0.1) is 6.92 Å². The van der Waals surface area contributed by atoms with E-state index in [4.69, 9.17) is 0 Å². The fourth-order valence-corrected chi connectivity index (χ4v) is 3.02. The Morgan fingerprint density at radius 2 is 2.27 bits per heavy atom. The summed E-state index contributed by atoms with van der Waals surface area (Å²) in [6.45, 7) is 3.85. The first-order chi connectivity index (χ1) is 7.00. The number of aryl methyl sites for hydroxylation is 1. The topological polar surface area (TPSA) is 34.4 Å². The minimum Gasteiger partial charge on any atom is -0.269 e. The third-order valence-electron chi connectivity index (χ3n) is 2.12. The Hall–Kier alpha value is -0.200. The number of thiazole rings is 1. The molecule has 3 nitrogen and oxygen atoms in total. The predicted molar refractivity (Wildman–Crippen MR) is 69.1 cm³/mol. The first kappa shape index (κ1) is 11.3. The van der Waals surface area contributed by atoms with Crippen LogP contribution in [0.3, 0.4) is 0 Å². The van der Waals surface area contributed by atoms with Crippen molar-refractivity contribution in [1.82, 2.24) is 9.38 Å². The van der Waals surface area contributed by atoms with Gasteiger partial charge in [0.1, 0.15) is 0 Å². The highest BCUT2D eigenvalue weighted by molar-refractivity contribution is 9.11. The standard InChI is InChI=1S/C9H8Br2N2OS/c1-4(10)6-3-7(14)13-5(2)8(11)15-9(13)12-6/h3-4H,1-2H3. The van der Waals surface area contributed by atoms with Crippen molar-refractivity contribution in [2.24, 2.45) is 0 Å². The molecule has 80 valence electrons. The highest BCUT2D eigenvalue weighted by atomic mass is 79.9. The molecular formula is C9H8Br2N2OS. The Morgan fingerprint density at radius 1 is 1.60 bits per heavy atom. The van der Waals surface area contributed by atoms with Gasteiger partial charge in [-0.25, -0.2) is 4.98 Å². The van der Waals surface area contributed by atoms with E-state index in [1.165, 1.54) is 11.3 Å². The number of alkyl halides is 1. The summed E-state index contributed by atoms with van der Waals surface area (Å²) < 4.78 is 2.57. The second-order valence-corrected chi connectivity index (χ2v) is 6.88. The fourth-order valence-electron chi connectivity index (χ4n) is 1.30. The zero-order valence-electron chi connectivity index (χ0n) is 8.12. The summed E-state index contributed by atoms with van der Waals surface area (Å²) in [5, 5.41) is 0. The van der Waals surface area contributed by atoms with E-state index >= 15 is 0 Å². The molecule has 1 unspecified atom stereocenters. The molecular weight excluding hydrogens is 344 g/mol. The van der Waals surface area contributed by atoms with Crippen LogP contribution in [0.2, 0.25) is 0 Å². The molecule has 0 aliphatic carbocycles. The van der Waals surface area contributed by atoms with Crippen molar-refractivity contribution in [3.8, 4) is 0 Å². The molecule has 0 bridgehead atoms. The second kappa shape index (κ2) is 3.99. The van der Waals surface area contributed by atoms with Crippen molar-refractivity contribution in [2.45, 2.75) is 18.7 Å². The maximum absolute atomic E-state index is 11.8. The quantitative estimate of drug-likeness (QED) is 0.739. The van der Waals surface area contributed by atoms with Crippen molar-refractivity contribution < 1.29 is 0 Å². The summed E-state index contributed by atoms with van der Waals surface area (Å²) in [6.07, 6.45) is 0. The van der Waals surface area contributed by atoms with Gasteiger partial charge < -0.3 is 0 Å². The molecule has 2 aromatic rings. The maximum atomic E-state index is 11.8. The predicted octanol–water partition coefficient (Wildman–Crippen LogP) is 3.28. The van der Waals surface area contributed by atoms with E-state index in [0.717, 1.165) is 20.1 Å². The summed E-state index contributed by atoms with van der Waals surface area (Å²) in [6, 6.07) is 1.57. The average molecular weight is 352 g/mol. The van der Waals surface area contributed by atoms with Crippen molar-refractivity contribution in [2.75, 3.05) is 0 Å². The molecule has 6 heteroatoms. The molecule has 15 heavy (non-hydrogen) atoms. The normalized spacial score (nSPS) is 13.3. The van der Waals surface area contributed by atoms with Crippen LogP contribution in [-0.4, -0.2) is 9.38 Å². The molecule has 2 heterocycles. The minimum absolute atomic E-state index is 0.0271. The van der Waals surface area contributed by atoms with E-state index < -0.39 is 0 Å². The third-order valence-corrected chi connectivity index (χ3v) is 4.58. The number of nitrogens with zero attached hydrogens (tertiary/aromatic N) is 2. The monoisotopic (exact) mass is 350 g/mol. The summed E-state index contributed by atoms with van der Waals surface area (Å²) >= 11 is 8.29. The van der Waals surface area contributed by atoms with Gasteiger partial charge in [0.05, 0.1) is 14.3 Å². The van der Waals surface area contributed by atoms with Gasteiger partial charge in [0.15, 0.2) is 4.96 Å². The number of hydrogen-bond donors (Lipinski definition) is 0. The number of rotatable bonds is 1. The van der Waals surface area contributed by atoms with Gasteiger partial charge >= 0.3 is 0 Å². The van der Waals surface area contributed by atoms with Crippen molar-refractivity contribution in [3.05, 3.63) is 31.6 Å². The summed E-state index contributed by atoms with van der Waals surface area (Å²) in [5.74, 6) is 0. The molecule has 0 aliphatic rings. The zero-order valence-corrected chi connectivity index (χ0v) is 12.1. The van der Waals surface area contributed by atoms with Gasteiger partial charge in [-0.2, -0.15) is 0 Å². The van der Waals surface area contributed by atoms with E-state index in [1.54, 1.807) is 10.5 Å². The largest absolute Gasteiger partial charge is 0.269 e. The lowest BCUT2D eigenvalue weighted by atomic mass is 10.3. The Labute approximate surface area is 107 Å². The minimum atomic E-state index is -0.0271. The molecule has 0 saturated heterocycles. The lowest BCUT2D eigenvalue weighted by molar-refractivity contribution is 0.954. The molecule has 0 aliphatic heterocycles. The smallest absolute Gasteiger partial charge is 0.259 e. The average Bonchev–Trinajstić information content (AvgIpc) is 2.42. The number of halogens is 2. The van der Waals surface area contributed by atoms with Gasteiger partial charge in [-0.3, -0.25) is 9.20 Å². The van der Waals surface area contributed by atoms with Gasteiger partial charge in [0.25, 0.3) is 5.56 Å². The van der Waals surface area contributed by atoms with Crippen molar-refractivity contribution in [1.29, 1.82) is 0 Å². The fraction of sp³-hybridized carbons (Fsp3) is 0.333. The molecule has 2 aromatic heterocycles. The SMILES string of the molecule is Cc1c(Br)sc2nc(C(C)Br)cc(=O)n12. The Morgan fingerprint density at radius 3 is 2.87 bits per heavy atom. The van der Waals surface area contributed by atoms with E-state index in [-0.39, 0.29) is 10.4 Å². The van der Waals surface area contributed by atoms with Gasteiger partial charge in [-0.05, 0) is 29.8 Å². The maximum Gasteiger partial charge on any atom is 0.259 e. The first-order valence-electron chi connectivity index (χ1n) is 4.33. The molecule has 0 spiro atoms. The van der Waals surface area contributed by atoms with Crippen molar-refractivity contribution in [3.63, 3.8) is 0 Å². The summed E-state index contributed by atoms with van der Waals surface area (Å²) in [4.78, 5) is 17.1. The number of aromatic nitrogens is 2. The van der Waals surface area contributed by atoms with Crippen LogP contribution >= 0.6 is 43.2 Å². The Balaban J connectivity index is 2.85. The van der Waals surface area contributed by atoms with Crippen LogP contribution in [0.1, 0.15) is 23.1 Å². The highest BCUT2D eigenvalue weighted by Crippen LogP contribution is 2.27. The Bertz CT molecular complexity index is 573. The number of fused-ring (bicyclic) bond motifs is 1. The van der Waals surface area contributed by atoms with Crippen molar-refractivity contribution >= 4 is 48.2 Å². The van der Waals surface area contributed by atoms with Crippen LogP contribution in [0.25, 0.3) is 4.96 Å². The zero-order chi connectivity index (χ0) is 11.2. The first-order valence-corrected chi connectivity index (χ1v) is 6.86. The lowest BCUT2D eigenvalue weighted by Gasteiger charge is -2.02. The molecule has 0 saturated carbocycles. The number of hydrogen-bond acceptors (Lipinski definition) is 3. The molecule has 0 amide bonds. The molecule has 0 N–H and O–H groups in total. The lowest BCUT2D eigenvalue weighted by Crippen LogP contribution is -2.15. The van der Waals surface area contributed by atoms with E-state index in [9.17, 15) is 4.79 Å². The molecule has 0 aromatic carbocycles. The van der Waals surface area contributed by atoms with Crippen LogP contribution in [0.5, 0.6) is 0 Å². The molecule has 0 radical (unpaired) electrons. The second-order valence-electron chi connectivity index (χ2n) is 3.21. The van der Waals surface area contributed by atoms with Crippen LogP contribution in [0.15, 0.2) is 14.6 Å². The van der Waals surface area contributed by atoms with Gasteiger partial charge in [0.2, 0.25) is 0 Å². The van der Waals surface area contributed by atoms with Gasteiger partial charge in [-0.15, -0.1) is 0 Å². The highest BCUT2D eigenvalue weighted by Gasteiger charge is 2.12. The summed E-state index contributed by atoms with van der Waals surface area (Å²) in [5.41, 5.74) is 1.65. The van der Waals surface area contributed by atoms with E-state index in [2.05, 4.69) is 36.8 Å². The molecule has 1 atom stereocenters. The van der Waals surface area contributed by atoms with Crippen LogP contribution in [-0.2, 0) is 0 Å². The molecule has 0 fully saturated rings. The van der Waals surface area contributed by atoms with Crippen LogP contribution in [0.4, 0.5) is 0 Å². The Kier molecular flexibility index (Phi) is 3.00. The third kappa shape index (κ3) is 1.90.